The van der Waals surface area contributed by atoms with E-state index in [4.69, 9.17) is 0 Å². The Hall–Kier alpha value is -1.30. The summed E-state index contributed by atoms with van der Waals surface area (Å²) in [6, 6.07) is 0. The molecule has 132 valence electrons. The number of ether oxygens (including phenoxy) is 1. The Kier molecular flexibility index (Phi) is 5.38. The van der Waals surface area contributed by atoms with Crippen LogP contribution in [0.5, 0.6) is 0 Å². The first-order chi connectivity index (χ1) is 9.45. The minimum Gasteiger partial charge on any atom is -0.459 e. The van der Waals surface area contributed by atoms with Crippen molar-refractivity contribution in [3.8, 4) is 0 Å². The average Bonchev–Trinajstić information content (AvgIpc) is 2.33. The maximum absolute atomic E-state index is 12.9. The second-order valence-corrected chi connectivity index (χ2v) is 3.94. The van der Waals surface area contributed by atoms with E-state index in [-0.39, 0.29) is 0 Å². The van der Waals surface area contributed by atoms with Gasteiger partial charge in [-0.2, -0.15) is 48.3 Å². The van der Waals surface area contributed by atoms with Gasteiger partial charge in [0.25, 0.3) is 0 Å². The van der Waals surface area contributed by atoms with Crippen LogP contribution in [0.4, 0.5) is 48.3 Å². The van der Waals surface area contributed by atoms with Gasteiger partial charge in [-0.25, -0.2) is 0 Å². The van der Waals surface area contributed by atoms with E-state index in [9.17, 15) is 53.1 Å². The highest BCUT2D eigenvalue weighted by atomic mass is 19.4. The number of esters is 1. The molecule has 0 unspecified atom stereocenters. The van der Waals surface area contributed by atoms with Gasteiger partial charge in [0.1, 0.15) is 0 Å². The number of hydrogen-bond donors (Lipinski definition) is 0. The highest BCUT2D eigenvalue weighted by Crippen LogP contribution is 2.57. The highest BCUT2D eigenvalue weighted by molar-refractivity contribution is 5.68. The first kappa shape index (κ1) is 20.7. The van der Waals surface area contributed by atoms with E-state index in [0.29, 0.717) is 0 Å². The fourth-order valence-corrected chi connectivity index (χ4v) is 0.969. The molecule has 0 amide bonds. The lowest BCUT2D eigenvalue weighted by Gasteiger charge is -2.36. The minimum atomic E-state index is -7.49. The van der Waals surface area contributed by atoms with Gasteiger partial charge < -0.3 is 4.74 Å². The maximum Gasteiger partial charge on any atom is 0.460 e. The summed E-state index contributed by atoms with van der Waals surface area (Å²) in [6.07, 6.45) is -7.87. The molecule has 0 aromatic rings. The predicted octanol–water partition coefficient (Wildman–Crippen LogP) is 4.04. The minimum absolute atomic E-state index is 0.656. The van der Waals surface area contributed by atoms with Crippen LogP contribution in [0.25, 0.3) is 0 Å². The molecule has 2 nitrogen and oxygen atoms in total. The Bertz CT molecular complexity index is 412. The lowest BCUT2D eigenvalue weighted by molar-refractivity contribution is -0.423. The Morgan fingerprint density at radius 1 is 0.773 bits per heavy atom. The van der Waals surface area contributed by atoms with Crippen LogP contribution >= 0.6 is 0 Å². The largest absolute Gasteiger partial charge is 0.460 e. The fraction of sp³-hybridized carbons (Fsp3) is 0.889. The van der Waals surface area contributed by atoms with Crippen LogP contribution in [0, 0.1) is 0 Å². The molecule has 0 aliphatic carbocycles. The molecule has 0 saturated heterocycles. The molecule has 0 heterocycles. The molecule has 0 spiro atoms. The second kappa shape index (κ2) is 5.72. The molecule has 22 heavy (non-hydrogen) atoms. The zero-order valence-electron chi connectivity index (χ0n) is 10.4. The molecular formula is C9H7F11O2. The van der Waals surface area contributed by atoms with Crippen LogP contribution in [0.15, 0.2) is 0 Å². The number of carbonyl (C=O) groups is 1. The van der Waals surface area contributed by atoms with E-state index in [1.54, 1.807) is 0 Å². The van der Waals surface area contributed by atoms with Gasteiger partial charge in [-0.05, 0) is 0 Å². The molecule has 0 aliphatic rings. The van der Waals surface area contributed by atoms with Crippen LogP contribution in [0.3, 0.4) is 0 Å². The SMILES string of the molecule is CCC(=O)OCC(F)(F)C(F)(F)C(F)(F)C(F)(F)C(F)(F)F. The summed E-state index contributed by atoms with van der Waals surface area (Å²) >= 11 is 0. The first-order valence-electron chi connectivity index (χ1n) is 5.19. The number of halogens is 11. The van der Waals surface area contributed by atoms with E-state index in [1.807, 2.05) is 0 Å². The first-order valence-corrected chi connectivity index (χ1v) is 5.19. The molecule has 0 rings (SSSR count). The zero-order valence-corrected chi connectivity index (χ0v) is 10.4. The van der Waals surface area contributed by atoms with Gasteiger partial charge in [0, 0.05) is 6.42 Å². The molecule has 0 N–H and O–H groups in total. The van der Waals surface area contributed by atoms with Crippen molar-refractivity contribution in [2.75, 3.05) is 6.61 Å². The number of hydrogen-bond acceptors (Lipinski definition) is 2. The molecule has 0 aromatic carbocycles. The molecule has 0 fully saturated rings. The normalized spacial score (nSPS) is 14.9. The predicted molar refractivity (Wildman–Crippen MR) is 47.1 cm³/mol. The van der Waals surface area contributed by atoms with Crippen molar-refractivity contribution in [3.05, 3.63) is 0 Å². The number of rotatable bonds is 6. The molecule has 13 heteroatoms. The summed E-state index contributed by atoms with van der Waals surface area (Å²) in [6.45, 7) is -1.80. The van der Waals surface area contributed by atoms with E-state index < -0.39 is 48.9 Å². The van der Waals surface area contributed by atoms with Crippen molar-refractivity contribution >= 4 is 5.97 Å². The van der Waals surface area contributed by atoms with Crippen molar-refractivity contribution in [1.82, 2.24) is 0 Å². The van der Waals surface area contributed by atoms with Gasteiger partial charge in [-0.1, -0.05) is 6.92 Å². The van der Waals surface area contributed by atoms with Crippen molar-refractivity contribution < 1.29 is 57.8 Å². The Morgan fingerprint density at radius 3 is 1.50 bits per heavy atom. The van der Waals surface area contributed by atoms with Gasteiger partial charge in [-0.15, -0.1) is 0 Å². The lowest BCUT2D eigenvalue weighted by Crippen LogP contribution is -2.67. The van der Waals surface area contributed by atoms with Gasteiger partial charge in [0.15, 0.2) is 6.61 Å². The standard InChI is InChI=1S/C9H7F11O2/c1-2-4(21)22-3-5(10,11)6(12,13)7(14,15)8(16,17)9(18,19)20/h2-3H2,1H3. The quantitative estimate of drug-likeness (QED) is 0.530. The van der Waals surface area contributed by atoms with Gasteiger partial charge in [0.2, 0.25) is 0 Å². The van der Waals surface area contributed by atoms with Crippen LogP contribution in [0.1, 0.15) is 13.3 Å². The summed E-state index contributed by atoms with van der Waals surface area (Å²) in [5.41, 5.74) is 0. The van der Waals surface area contributed by atoms with Crippen LogP contribution in [-0.2, 0) is 9.53 Å². The van der Waals surface area contributed by atoms with E-state index in [2.05, 4.69) is 4.74 Å². The summed E-state index contributed by atoms with van der Waals surface area (Å²) < 4.78 is 140. The monoisotopic (exact) mass is 356 g/mol. The van der Waals surface area contributed by atoms with Gasteiger partial charge in [-0.3, -0.25) is 4.79 Å². The van der Waals surface area contributed by atoms with Crippen LogP contribution < -0.4 is 0 Å². The third-order valence-corrected chi connectivity index (χ3v) is 2.31. The highest BCUT2D eigenvalue weighted by Gasteiger charge is 2.87. The van der Waals surface area contributed by atoms with Crippen LogP contribution in [0.2, 0.25) is 0 Å². The maximum atomic E-state index is 12.9. The Morgan fingerprint density at radius 2 is 1.18 bits per heavy atom. The van der Waals surface area contributed by atoms with E-state index in [1.165, 1.54) is 0 Å². The third-order valence-electron chi connectivity index (χ3n) is 2.31. The van der Waals surface area contributed by atoms with Crippen molar-refractivity contribution in [2.24, 2.45) is 0 Å². The molecule has 0 atom stereocenters. The van der Waals surface area contributed by atoms with Gasteiger partial charge >= 0.3 is 35.8 Å². The summed E-state index contributed by atoms with van der Waals surface area (Å²) in [5.74, 6) is -29.8. The van der Waals surface area contributed by atoms with Gasteiger partial charge in [0.05, 0.1) is 0 Å². The fourth-order valence-electron chi connectivity index (χ4n) is 0.969. The van der Waals surface area contributed by atoms with E-state index in [0.717, 1.165) is 6.92 Å². The number of carbonyl (C=O) groups excluding carboxylic acids is 1. The summed E-state index contributed by atoms with van der Waals surface area (Å²) in [4.78, 5) is 10.5. The van der Waals surface area contributed by atoms with Crippen molar-refractivity contribution in [2.45, 2.75) is 43.2 Å². The summed E-state index contributed by atoms with van der Waals surface area (Å²) in [7, 11) is 0. The Balaban J connectivity index is 5.64. The molecule has 0 radical (unpaired) electrons. The summed E-state index contributed by atoms with van der Waals surface area (Å²) in [5, 5.41) is 0. The smallest absolute Gasteiger partial charge is 0.459 e. The third kappa shape index (κ3) is 3.21. The molecular weight excluding hydrogens is 349 g/mol. The number of alkyl halides is 11. The topological polar surface area (TPSA) is 26.3 Å². The average molecular weight is 356 g/mol. The van der Waals surface area contributed by atoms with Crippen LogP contribution in [-0.4, -0.2) is 42.4 Å². The van der Waals surface area contributed by atoms with Crippen molar-refractivity contribution in [3.63, 3.8) is 0 Å². The van der Waals surface area contributed by atoms with Crippen molar-refractivity contribution in [1.29, 1.82) is 0 Å². The van der Waals surface area contributed by atoms with E-state index >= 15 is 0 Å². The second-order valence-electron chi connectivity index (χ2n) is 3.94. The molecule has 0 bridgehead atoms. The lowest BCUT2D eigenvalue weighted by atomic mass is 9.98. The zero-order chi connectivity index (χ0) is 18.2. The molecule has 0 saturated carbocycles. The molecule has 0 aromatic heterocycles. The molecule has 0 aliphatic heterocycles. The Labute approximate surface area is 115 Å².